The van der Waals surface area contributed by atoms with Crippen molar-refractivity contribution >= 4 is 35.9 Å². The molecular formula is C23H25Cl2NO7. The number of aliphatic hydroxyl groups is 1. The van der Waals surface area contributed by atoms with E-state index in [0.717, 1.165) is 43.8 Å². The molecule has 0 amide bonds. The van der Waals surface area contributed by atoms with Gasteiger partial charge in [-0.2, -0.15) is 0 Å². The van der Waals surface area contributed by atoms with Gasteiger partial charge >= 0.3 is 17.7 Å². The first-order valence-electron chi connectivity index (χ1n) is 10.2. The smallest absolute Gasteiger partial charge is 0.453 e. The van der Waals surface area contributed by atoms with Gasteiger partial charge in [0.05, 0.1) is 20.3 Å². The quantitative estimate of drug-likeness (QED) is 0.463. The fraction of sp³-hybridized carbons (Fsp3) is 0.391. The first kappa shape index (κ1) is 25.1. The number of ether oxygens (including phenoxy) is 4. The zero-order valence-corrected chi connectivity index (χ0v) is 19.7. The van der Waals surface area contributed by atoms with Crippen LogP contribution in [-0.2, 0) is 31.9 Å². The summed E-state index contributed by atoms with van der Waals surface area (Å²) >= 11 is 6.01. The van der Waals surface area contributed by atoms with Gasteiger partial charge in [-0.25, -0.2) is 9.59 Å². The lowest BCUT2D eigenvalue weighted by Crippen LogP contribution is -2.55. The molecule has 1 aliphatic heterocycles. The number of hydrogen-bond donors (Lipinski definition) is 2. The van der Waals surface area contributed by atoms with Crippen molar-refractivity contribution in [2.75, 3.05) is 20.8 Å². The van der Waals surface area contributed by atoms with Crippen LogP contribution < -0.4 is 14.8 Å². The van der Waals surface area contributed by atoms with Gasteiger partial charge in [-0.3, -0.25) is 0 Å². The van der Waals surface area contributed by atoms with Crippen molar-refractivity contribution in [3.8, 4) is 11.5 Å². The summed E-state index contributed by atoms with van der Waals surface area (Å²) in [5, 5.41) is 14.4. The van der Waals surface area contributed by atoms with Crippen LogP contribution in [0.1, 0.15) is 29.2 Å². The largest absolute Gasteiger partial charge is 0.463 e. The maximum absolute atomic E-state index is 12.3. The maximum Gasteiger partial charge on any atom is 0.453 e. The third kappa shape index (κ3) is 4.89. The van der Waals surface area contributed by atoms with Gasteiger partial charge in [0.1, 0.15) is 0 Å². The van der Waals surface area contributed by atoms with E-state index >= 15 is 0 Å². The average Bonchev–Trinajstić information content (AvgIpc) is 3.19. The number of halogens is 2. The van der Waals surface area contributed by atoms with Crippen molar-refractivity contribution in [2.45, 2.75) is 37.2 Å². The summed E-state index contributed by atoms with van der Waals surface area (Å²) in [4.78, 5) is 24.5. The lowest BCUT2D eigenvalue weighted by Gasteiger charge is -2.27. The topological polar surface area (TPSA) is 103 Å². The Balaban J connectivity index is 0.00000306. The van der Waals surface area contributed by atoms with E-state index in [0.29, 0.717) is 23.7 Å². The van der Waals surface area contributed by atoms with Gasteiger partial charge in [0.2, 0.25) is 0 Å². The molecule has 8 nitrogen and oxygen atoms in total. The number of carbonyl (C=O) groups is 2. The van der Waals surface area contributed by atoms with E-state index in [1.165, 1.54) is 0 Å². The van der Waals surface area contributed by atoms with Crippen LogP contribution in [-0.4, -0.2) is 49.6 Å². The highest BCUT2D eigenvalue weighted by atomic mass is 35.5. The fourth-order valence-electron chi connectivity index (χ4n) is 4.06. The van der Waals surface area contributed by atoms with Crippen LogP contribution in [0.5, 0.6) is 11.5 Å². The monoisotopic (exact) mass is 497 g/mol. The number of nitrogens with one attached hydrogen (secondary N) is 1. The molecule has 0 radical (unpaired) electrons. The molecule has 0 aromatic heterocycles. The second kappa shape index (κ2) is 10.2. The molecule has 2 N–H and O–H groups in total. The van der Waals surface area contributed by atoms with Gasteiger partial charge in [0.15, 0.2) is 11.5 Å². The molecule has 10 heteroatoms. The minimum atomic E-state index is -2.30. The van der Waals surface area contributed by atoms with Gasteiger partial charge in [-0.1, -0.05) is 23.7 Å². The fourth-order valence-corrected chi connectivity index (χ4v) is 4.26. The summed E-state index contributed by atoms with van der Waals surface area (Å²) in [6.07, 6.45) is 1.64. The van der Waals surface area contributed by atoms with E-state index in [4.69, 9.17) is 30.5 Å². The summed E-state index contributed by atoms with van der Waals surface area (Å²) in [6.45, 7) is 0.388. The summed E-state index contributed by atoms with van der Waals surface area (Å²) in [5.74, 6) is -3.71. The van der Waals surface area contributed by atoms with E-state index in [1.54, 1.807) is 24.3 Å². The number of hydrogen-bond acceptors (Lipinski definition) is 8. The molecular weight excluding hydrogens is 473 g/mol. The van der Waals surface area contributed by atoms with Crippen LogP contribution >= 0.6 is 24.0 Å². The Labute approximate surface area is 202 Å². The minimum absolute atomic E-state index is 0. The summed E-state index contributed by atoms with van der Waals surface area (Å²) in [6, 6.07) is 10.9. The molecule has 2 aliphatic rings. The third-order valence-electron chi connectivity index (χ3n) is 5.74. The van der Waals surface area contributed by atoms with Crippen molar-refractivity contribution in [3.63, 3.8) is 0 Å². The summed E-state index contributed by atoms with van der Waals surface area (Å²) in [7, 11) is 2.28. The molecule has 33 heavy (non-hydrogen) atoms. The molecule has 1 heterocycles. The number of aliphatic hydroxyl groups excluding tert-OH is 1. The number of carbonyl (C=O) groups excluding carboxylic acids is 2. The van der Waals surface area contributed by atoms with E-state index in [-0.39, 0.29) is 24.2 Å². The standard InChI is InChI=1S/C23H24ClNO7.ClH/c1-29-21(27)23(22(28)30-2)31-19-10-13-6-7-17(9-15(13)11-20(19)32-23)25-12-18(26)14-4-3-5-16(24)8-14;/h3-5,8,10-11,17-18,25-26H,6-7,9,12H2,1-2H3;1H/t17-,18-;/m1./s1. The van der Waals surface area contributed by atoms with Gasteiger partial charge in [-0.05, 0) is 60.2 Å². The highest BCUT2D eigenvalue weighted by Gasteiger charge is 2.59. The van der Waals surface area contributed by atoms with Crippen LogP contribution in [0.2, 0.25) is 5.02 Å². The highest BCUT2D eigenvalue weighted by Crippen LogP contribution is 2.43. The Morgan fingerprint density at radius 3 is 2.39 bits per heavy atom. The van der Waals surface area contributed by atoms with Crippen LogP contribution in [0.4, 0.5) is 0 Å². The molecule has 0 spiro atoms. The third-order valence-corrected chi connectivity index (χ3v) is 5.98. The molecule has 2 aromatic carbocycles. The number of methoxy groups -OCH3 is 2. The second-order valence-corrected chi connectivity index (χ2v) is 8.23. The molecule has 4 rings (SSSR count). The van der Waals surface area contributed by atoms with E-state index in [2.05, 4.69) is 5.32 Å². The first-order valence-corrected chi connectivity index (χ1v) is 10.6. The Kier molecular flexibility index (Phi) is 7.74. The molecule has 0 fully saturated rings. The molecule has 0 bridgehead atoms. The maximum atomic E-state index is 12.3. The van der Waals surface area contributed by atoms with Gasteiger partial charge in [0.25, 0.3) is 0 Å². The zero-order valence-electron chi connectivity index (χ0n) is 18.1. The molecule has 2 aromatic rings. The molecule has 2 atom stereocenters. The number of rotatable bonds is 6. The van der Waals surface area contributed by atoms with Crippen molar-refractivity contribution in [1.82, 2.24) is 5.32 Å². The molecule has 0 unspecified atom stereocenters. The van der Waals surface area contributed by atoms with Gasteiger partial charge in [-0.15, -0.1) is 12.4 Å². The Hall–Kier alpha value is -2.52. The predicted octanol–water partition coefficient (Wildman–Crippen LogP) is 2.76. The second-order valence-electron chi connectivity index (χ2n) is 7.79. The van der Waals surface area contributed by atoms with Crippen LogP contribution in [0.15, 0.2) is 36.4 Å². The number of fused-ring (bicyclic) bond motifs is 2. The molecule has 0 saturated heterocycles. The highest BCUT2D eigenvalue weighted by molar-refractivity contribution is 6.30. The van der Waals surface area contributed by atoms with Crippen LogP contribution in [0, 0.1) is 0 Å². The van der Waals surface area contributed by atoms with Crippen molar-refractivity contribution < 1.29 is 33.6 Å². The van der Waals surface area contributed by atoms with Crippen molar-refractivity contribution in [1.29, 1.82) is 0 Å². The molecule has 1 aliphatic carbocycles. The zero-order chi connectivity index (χ0) is 22.9. The lowest BCUT2D eigenvalue weighted by atomic mass is 9.87. The van der Waals surface area contributed by atoms with Crippen molar-refractivity contribution in [2.24, 2.45) is 0 Å². The Bertz CT molecular complexity index is 1030. The first-order chi connectivity index (χ1) is 15.4. The Morgan fingerprint density at radius 1 is 1.15 bits per heavy atom. The Morgan fingerprint density at radius 2 is 1.79 bits per heavy atom. The number of benzene rings is 2. The van der Waals surface area contributed by atoms with E-state index < -0.39 is 23.8 Å². The molecule has 0 saturated carbocycles. The minimum Gasteiger partial charge on any atom is -0.463 e. The SMILES string of the molecule is COC(=O)C1(C(=O)OC)Oc2cc3c(cc2O1)C[C@H](NC[C@@H](O)c1cccc(Cl)c1)CC3.Cl. The van der Waals surface area contributed by atoms with Crippen LogP contribution in [0.3, 0.4) is 0 Å². The van der Waals surface area contributed by atoms with Gasteiger partial charge in [0, 0.05) is 17.6 Å². The van der Waals surface area contributed by atoms with Crippen LogP contribution in [0.25, 0.3) is 0 Å². The van der Waals surface area contributed by atoms with Gasteiger partial charge < -0.3 is 29.4 Å². The van der Waals surface area contributed by atoms with E-state index in [1.807, 2.05) is 12.1 Å². The normalized spacial score (nSPS) is 18.5. The number of aryl methyl sites for hydroxylation is 1. The molecule has 178 valence electrons. The lowest BCUT2D eigenvalue weighted by molar-refractivity contribution is -0.199. The van der Waals surface area contributed by atoms with E-state index in [9.17, 15) is 14.7 Å². The average molecular weight is 498 g/mol. The number of esters is 2. The summed E-state index contributed by atoms with van der Waals surface area (Å²) < 4.78 is 20.6. The predicted molar refractivity (Wildman–Crippen MR) is 122 cm³/mol. The summed E-state index contributed by atoms with van der Waals surface area (Å²) in [5.41, 5.74) is 2.82. The van der Waals surface area contributed by atoms with Crippen molar-refractivity contribution in [3.05, 3.63) is 58.1 Å².